The van der Waals surface area contributed by atoms with Crippen molar-refractivity contribution in [2.75, 3.05) is 24.3 Å². The zero-order valence-electron chi connectivity index (χ0n) is 20.7. The lowest BCUT2D eigenvalue weighted by molar-refractivity contribution is -0.384. The zero-order chi connectivity index (χ0) is 27.1. The molecule has 0 radical (unpaired) electrons. The lowest BCUT2D eigenvalue weighted by atomic mass is 10.0. The Kier molecular flexibility index (Phi) is 8.77. The first kappa shape index (κ1) is 27.1. The summed E-state index contributed by atoms with van der Waals surface area (Å²) in [4.78, 5) is 61.9. The zero-order valence-corrected chi connectivity index (χ0v) is 20.7. The van der Waals surface area contributed by atoms with E-state index in [2.05, 4.69) is 20.7 Å². The number of carbonyl (C=O) groups excluding carboxylic acids is 4. The van der Waals surface area contributed by atoms with Gasteiger partial charge in [-0.15, -0.1) is 0 Å². The second kappa shape index (κ2) is 12.0. The SMILES string of the molecule is COC(=O)N[C@H](C(=O)N1CCC[C@H]1C(=O)Nc1ccc(NC(=O)c2ccc([N+](=O)[O-])cc2)cc1)C(C)C. The third-order valence-electron chi connectivity index (χ3n) is 5.98. The van der Waals surface area contributed by atoms with Crippen LogP contribution in [0.5, 0.6) is 0 Å². The van der Waals surface area contributed by atoms with Crippen LogP contribution in [0.4, 0.5) is 21.9 Å². The smallest absolute Gasteiger partial charge is 0.407 e. The number of amides is 4. The molecule has 1 fully saturated rings. The normalized spacial score (nSPS) is 15.6. The van der Waals surface area contributed by atoms with Crippen molar-refractivity contribution in [2.24, 2.45) is 5.92 Å². The predicted octanol–water partition coefficient (Wildman–Crippen LogP) is 3.16. The number of anilines is 2. The molecule has 1 aliphatic heterocycles. The van der Waals surface area contributed by atoms with E-state index < -0.39 is 29.0 Å². The summed E-state index contributed by atoms with van der Waals surface area (Å²) in [6, 6.07) is 10.1. The lowest BCUT2D eigenvalue weighted by Crippen LogP contribution is -2.54. The summed E-state index contributed by atoms with van der Waals surface area (Å²) in [7, 11) is 1.22. The number of carbonyl (C=O) groups is 4. The van der Waals surface area contributed by atoms with Crippen molar-refractivity contribution < 1.29 is 28.8 Å². The van der Waals surface area contributed by atoms with E-state index in [-0.39, 0.29) is 29.0 Å². The van der Waals surface area contributed by atoms with E-state index in [9.17, 15) is 29.3 Å². The van der Waals surface area contributed by atoms with Gasteiger partial charge in [0.25, 0.3) is 11.6 Å². The molecule has 2 aromatic rings. The highest BCUT2D eigenvalue weighted by molar-refractivity contribution is 6.04. The number of nitrogens with one attached hydrogen (secondary N) is 3. The predicted molar refractivity (Wildman–Crippen MR) is 135 cm³/mol. The van der Waals surface area contributed by atoms with Gasteiger partial charge in [-0.1, -0.05) is 13.8 Å². The number of benzene rings is 2. The number of methoxy groups -OCH3 is 1. The molecule has 1 aliphatic rings. The van der Waals surface area contributed by atoms with E-state index in [0.29, 0.717) is 30.8 Å². The summed E-state index contributed by atoms with van der Waals surface area (Å²) in [5.74, 6) is -1.34. The van der Waals surface area contributed by atoms with Crippen molar-refractivity contribution in [1.29, 1.82) is 0 Å². The van der Waals surface area contributed by atoms with Crippen LogP contribution in [0.3, 0.4) is 0 Å². The Morgan fingerprint density at radius 2 is 1.59 bits per heavy atom. The number of nitro benzene ring substituents is 1. The average Bonchev–Trinajstić information content (AvgIpc) is 3.38. The molecule has 4 amide bonds. The second-order valence-electron chi connectivity index (χ2n) is 8.87. The number of alkyl carbamates (subject to hydrolysis) is 1. The third-order valence-corrected chi connectivity index (χ3v) is 5.98. The van der Waals surface area contributed by atoms with Gasteiger partial charge in [-0.05, 0) is 55.2 Å². The fourth-order valence-electron chi connectivity index (χ4n) is 3.98. The maximum absolute atomic E-state index is 13.1. The van der Waals surface area contributed by atoms with Gasteiger partial charge in [0.2, 0.25) is 11.8 Å². The first-order chi connectivity index (χ1) is 17.6. The quantitative estimate of drug-likeness (QED) is 0.362. The summed E-state index contributed by atoms with van der Waals surface area (Å²) in [5.41, 5.74) is 1.09. The number of hydrogen-bond acceptors (Lipinski definition) is 7. The summed E-state index contributed by atoms with van der Waals surface area (Å²) in [5, 5.41) is 18.8. The fourth-order valence-corrected chi connectivity index (χ4v) is 3.98. The molecule has 12 nitrogen and oxygen atoms in total. The highest BCUT2D eigenvalue weighted by atomic mass is 16.6. The number of rotatable bonds is 8. The van der Waals surface area contributed by atoms with Gasteiger partial charge in [-0.2, -0.15) is 0 Å². The molecule has 0 unspecified atom stereocenters. The van der Waals surface area contributed by atoms with E-state index >= 15 is 0 Å². The molecular weight excluding hydrogens is 482 g/mol. The molecule has 0 saturated carbocycles. The van der Waals surface area contributed by atoms with E-state index in [1.807, 2.05) is 0 Å². The third kappa shape index (κ3) is 6.81. The first-order valence-electron chi connectivity index (χ1n) is 11.7. The first-order valence-corrected chi connectivity index (χ1v) is 11.7. The van der Waals surface area contributed by atoms with Crippen molar-refractivity contribution in [3.63, 3.8) is 0 Å². The van der Waals surface area contributed by atoms with E-state index in [1.54, 1.807) is 38.1 Å². The number of likely N-dealkylation sites (tertiary alicyclic amines) is 1. The highest BCUT2D eigenvalue weighted by Gasteiger charge is 2.38. The molecular formula is C25H29N5O7. The van der Waals surface area contributed by atoms with Gasteiger partial charge in [0.05, 0.1) is 12.0 Å². The topological polar surface area (TPSA) is 160 Å². The van der Waals surface area contributed by atoms with Crippen LogP contribution in [0.2, 0.25) is 0 Å². The Bertz CT molecular complexity index is 1160. The van der Waals surface area contributed by atoms with Gasteiger partial charge in [0, 0.05) is 35.6 Å². The largest absolute Gasteiger partial charge is 0.453 e. The van der Waals surface area contributed by atoms with Gasteiger partial charge in [0.15, 0.2) is 0 Å². The van der Waals surface area contributed by atoms with E-state index in [4.69, 9.17) is 0 Å². The van der Waals surface area contributed by atoms with Crippen LogP contribution < -0.4 is 16.0 Å². The number of nitro groups is 1. The summed E-state index contributed by atoms with van der Waals surface area (Å²) >= 11 is 0. The Morgan fingerprint density at radius 1 is 1.00 bits per heavy atom. The molecule has 1 heterocycles. The molecule has 0 spiro atoms. The van der Waals surface area contributed by atoms with Crippen LogP contribution in [-0.2, 0) is 14.3 Å². The monoisotopic (exact) mass is 511 g/mol. The second-order valence-corrected chi connectivity index (χ2v) is 8.87. The Labute approximate surface area is 213 Å². The van der Waals surface area contributed by atoms with Crippen molar-refractivity contribution in [2.45, 2.75) is 38.8 Å². The number of ether oxygens (including phenoxy) is 1. The molecule has 12 heteroatoms. The van der Waals surface area contributed by atoms with Gasteiger partial charge in [-0.25, -0.2) is 4.79 Å². The van der Waals surface area contributed by atoms with Crippen LogP contribution in [0.25, 0.3) is 0 Å². The van der Waals surface area contributed by atoms with Crippen LogP contribution in [0.1, 0.15) is 37.0 Å². The molecule has 2 aromatic carbocycles. The molecule has 0 aromatic heterocycles. The summed E-state index contributed by atoms with van der Waals surface area (Å²) in [6.07, 6.45) is 0.429. The Morgan fingerprint density at radius 3 is 2.14 bits per heavy atom. The molecule has 0 aliphatic carbocycles. The van der Waals surface area contributed by atoms with E-state index in [0.717, 1.165) is 0 Å². The standard InChI is InChI=1S/C25H29N5O7/c1-15(2)21(28-25(34)37-3)24(33)29-14-4-5-20(29)23(32)27-18-10-8-17(9-11-18)26-22(31)16-6-12-19(13-7-16)30(35)36/h6-13,15,20-21H,4-5,14H2,1-3H3,(H,26,31)(H,27,32)(H,28,34)/t20-,21-/m0/s1. The van der Waals surface area contributed by atoms with E-state index in [1.165, 1.54) is 36.3 Å². The van der Waals surface area contributed by atoms with Gasteiger partial charge in [0.1, 0.15) is 12.1 Å². The van der Waals surface area contributed by atoms with Crippen LogP contribution >= 0.6 is 0 Å². The van der Waals surface area contributed by atoms with Crippen molar-refractivity contribution in [1.82, 2.24) is 10.2 Å². The average molecular weight is 512 g/mol. The number of hydrogen-bond donors (Lipinski definition) is 3. The number of nitrogens with zero attached hydrogens (tertiary/aromatic N) is 2. The summed E-state index contributed by atoms with van der Waals surface area (Å²) in [6.45, 7) is 3.99. The minimum absolute atomic E-state index is 0.112. The minimum atomic E-state index is -0.820. The molecule has 3 N–H and O–H groups in total. The Balaban J connectivity index is 1.61. The van der Waals surface area contributed by atoms with Crippen molar-refractivity contribution in [3.05, 3.63) is 64.2 Å². The minimum Gasteiger partial charge on any atom is -0.453 e. The molecule has 3 rings (SSSR count). The maximum Gasteiger partial charge on any atom is 0.407 e. The van der Waals surface area contributed by atoms with Crippen molar-refractivity contribution in [3.8, 4) is 0 Å². The Hall–Kier alpha value is -4.48. The summed E-state index contributed by atoms with van der Waals surface area (Å²) < 4.78 is 4.62. The molecule has 196 valence electrons. The molecule has 0 bridgehead atoms. The molecule has 1 saturated heterocycles. The highest BCUT2D eigenvalue weighted by Crippen LogP contribution is 2.23. The lowest BCUT2D eigenvalue weighted by Gasteiger charge is -2.30. The van der Waals surface area contributed by atoms with Crippen LogP contribution in [0.15, 0.2) is 48.5 Å². The van der Waals surface area contributed by atoms with Crippen LogP contribution in [-0.4, -0.2) is 59.4 Å². The maximum atomic E-state index is 13.1. The molecule has 2 atom stereocenters. The van der Waals surface area contributed by atoms with Gasteiger partial charge >= 0.3 is 6.09 Å². The van der Waals surface area contributed by atoms with Crippen molar-refractivity contribution >= 4 is 40.9 Å². The van der Waals surface area contributed by atoms with Gasteiger partial charge < -0.3 is 25.6 Å². The number of non-ortho nitro benzene ring substituents is 1. The fraction of sp³-hybridized carbons (Fsp3) is 0.360. The van der Waals surface area contributed by atoms with Gasteiger partial charge in [-0.3, -0.25) is 24.5 Å². The van der Waals surface area contributed by atoms with Crippen LogP contribution in [0, 0.1) is 16.0 Å². The molecule has 37 heavy (non-hydrogen) atoms.